The number of aromatic nitrogens is 1. The van der Waals surface area contributed by atoms with E-state index in [4.69, 9.17) is 4.42 Å². The smallest absolute Gasteiger partial charge is 0.243 e. The van der Waals surface area contributed by atoms with Gasteiger partial charge in [-0.1, -0.05) is 18.2 Å². The fourth-order valence-corrected chi connectivity index (χ4v) is 5.55. The predicted molar refractivity (Wildman–Crippen MR) is 126 cm³/mol. The van der Waals surface area contributed by atoms with Gasteiger partial charge in [0.05, 0.1) is 4.90 Å². The van der Waals surface area contributed by atoms with Crippen LogP contribution in [-0.2, 0) is 14.8 Å². The highest BCUT2D eigenvalue weighted by Crippen LogP contribution is 2.28. The van der Waals surface area contributed by atoms with Gasteiger partial charge in [0.15, 0.2) is 5.58 Å². The average Bonchev–Trinajstić information content (AvgIpc) is 3.29. The summed E-state index contributed by atoms with van der Waals surface area (Å²) in [4.78, 5) is 17.4. The Balaban J connectivity index is 1.23. The molecule has 0 saturated carbocycles. The molecule has 7 nitrogen and oxygen atoms in total. The van der Waals surface area contributed by atoms with Crippen LogP contribution in [0.4, 0.5) is 10.1 Å². The lowest BCUT2D eigenvalue weighted by Gasteiger charge is -2.30. The highest BCUT2D eigenvalue weighted by atomic mass is 32.2. The summed E-state index contributed by atoms with van der Waals surface area (Å²) in [5, 5.41) is 2.93. The molecule has 1 aromatic heterocycles. The van der Waals surface area contributed by atoms with E-state index in [-0.39, 0.29) is 29.8 Å². The van der Waals surface area contributed by atoms with Crippen LogP contribution in [0.25, 0.3) is 22.6 Å². The van der Waals surface area contributed by atoms with E-state index in [2.05, 4.69) is 10.3 Å². The number of carbonyl (C=O) groups is 1. The molecule has 1 aliphatic rings. The number of fused-ring (bicyclic) bond motifs is 1. The summed E-state index contributed by atoms with van der Waals surface area (Å²) in [5.41, 5.74) is 2.81. The summed E-state index contributed by atoms with van der Waals surface area (Å²) in [6.45, 7) is 0.446. The van der Waals surface area contributed by atoms with Crippen LogP contribution in [0.2, 0.25) is 0 Å². The fraction of sp³-hybridized carbons (Fsp3) is 0.200. The van der Waals surface area contributed by atoms with Gasteiger partial charge in [0.1, 0.15) is 11.3 Å². The van der Waals surface area contributed by atoms with Gasteiger partial charge in [-0.15, -0.1) is 0 Å². The molecule has 0 atom stereocenters. The number of piperidine rings is 1. The zero-order valence-electron chi connectivity index (χ0n) is 18.1. The number of oxazole rings is 1. The summed E-state index contributed by atoms with van der Waals surface area (Å²) >= 11 is 0. The quantitative estimate of drug-likeness (QED) is 0.449. The molecular formula is C25H22FN3O4S. The minimum Gasteiger partial charge on any atom is -0.436 e. The van der Waals surface area contributed by atoms with Crippen LogP contribution in [0.3, 0.4) is 0 Å². The summed E-state index contributed by atoms with van der Waals surface area (Å²) in [7, 11) is -3.72. The molecular weight excluding hydrogens is 457 g/mol. The Labute approximate surface area is 196 Å². The second kappa shape index (κ2) is 9.00. The van der Waals surface area contributed by atoms with E-state index >= 15 is 0 Å². The maximum atomic E-state index is 13.1. The molecule has 34 heavy (non-hydrogen) atoms. The van der Waals surface area contributed by atoms with Crippen molar-refractivity contribution in [2.24, 2.45) is 5.92 Å². The predicted octanol–water partition coefficient (Wildman–Crippen LogP) is 4.67. The molecule has 0 unspecified atom stereocenters. The number of benzene rings is 3. The lowest BCUT2D eigenvalue weighted by atomic mass is 9.97. The van der Waals surface area contributed by atoms with Gasteiger partial charge in [-0.25, -0.2) is 17.8 Å². The van der Waals surface area contributed by atoms with Crippen molar-refractivity contribution in [3.05, 3.63) is 78.6 Å². The molecule has 1 aliphatic heterocycles. The highest BCUT2D eigenvalue weighted by molar-refractivity contribution is 7.89. The number of hydrogen-bond acceptors (Lipinski definition) is 5. The standard InChI is InChI=1S/C25H22FN3O4S/c26-19-8-10-21(11-9-19)34(31,32)29-14-12-17(13-15-29)24(30)27-20-5-3-4-18(16-20)25-28-22-6-1-2-7-23(22)33-25/h1-11,16-17H,12-15H2,(H,27,30). The first kappa shape index (κ1) is 22.2. The van der Waals surface area contributed by atoms with E-state index < -0.39 is 15.8 Å². The Kier molecular flexibility index (Phi) is 5.89. The van der Waals surface area contributed by atoms with Gasteiger partial charge in [-0.2, -0.15) is 4.31 Å². The van der Waals surface area contributed by atoms with E-state index in [0.29, 0.717) is 30.0 Å². The highest BCUT2D eigenvalue weighted by Gasteiger charge is 2.32. The molecule has 0 aliphatic carbocycles. The molecule has 1 amide bonds. The number of sulfonamides is 1. The number of para-hydroxylation sites is 2. The Bertz CT molecular complexity index is 1410. The molecule has 1 fully saturated rings. The number of nitrogens with zero attached hydrogens (tertiary/aromatic N) is 2. The second-order valence-electron chi connectivity index (χ2n) is 8.19. The number of rotatable bonds is 5. The molecule has 9 heteroatoms. The Morgan fingerprint density at radius 1 is 1.00 bits per heavy atom. The van der Waals surface area contributed by atoms with Crippen molar-refractivity contribution in [2.45, 2.75) is 17.7 Å². The van der Waals surface area contributed by atoms with E-state index in [1.54, 1.807) is 12.1 Å². The van der Waals surface area contributed by atoms with Crippen molar-refractivity contribution in [2.75, 3.05) is 18.4 Å². The SMILES string of the molecule is O=C(Nc1cccc(-c2nc3ccccc3o2)c1)C1CCN(S(=O)(=O)c2ccc(F)cc2)CC1. The van der Waals surface area contributed by atoms with Gasteiger partial charge in [0, 0.05) is 30.3 Å². The third kappa shape index (κ3) is 4.44. The van der Waals surface area contributed by atoms with Gasteiger partial charge in [0.25, 0.3) is 0 Å². The molecule has 1 N–H and O–H groups in total. The monoisotopic (exact) mass is 479 g/mol. The number of anilines is 1. The molecule has 0 radical (unpaired) electrons. The Morgan fingerprint density at radius 2 is 1.74 bits per heavy atom. The van der Waals surface area contributed by atoms with Crippen molar-refractivity contribution in [1.29, 1.82) is 0 Å². The van der Waals surface area contributed by atoms with Crippen molar-refractivity contribution < 1.29 is 22.0 Å². The molecule has 2 heterocycles. The first-order chi connectivity index (χ1) is 16.4. The largest absolute Gasteiger partial charge is 0.436 e. The van der Waals surface area contributed by atoms with Crippen LogP contribution in [0.5, 0.6) is 0 Å². The molecule has 3 aromatic carbocycles. The zero-order chi connectivity index (χ0) is 23.7. The summed E-state index contributed by atoms with van der Waals surface area (Å²) in [5.74, 6) is -0.493. The minimum atomic E-state index is -3.72. The molecule has 1 saturated heterocycles. The van der Waals surface area contributed by atoms with Gasteiger partial charge in [-0.05, 0) is 67.4 Å². The van der Waals surface area contributed by atoms with Gasteiger partial charge >= 0.3 is 0 Å². The first-order valence-corrected chi connectivity index (χ1v) is 12.4. The number of halogens is 1. The van der Waals surface area contributed by atoms with Gasteiger partial charge in [-0.3, -0.25) is 4.79 Å². The zero-order valence-corrected chi connectivity index (χ0v) is 19.0. The summed E-state index contributed by atoms with van der Waals surface area (Å²) < 4.78 is 45.9. The third-order valence-electron chi connectivity index (χ3n) is 5.95. The number of amides is 1. The Morgan fingerprint density at radius 3 is 2.47 bits per heavy atom. The fourth-order valence-electron chi connectivity index (χ4n) is 4.08. The van der Waals surface area contributed by atoms with Crippen molar-refractivity contribution in [3.8, 4) is 11.5 Å². The van der Waals surface area contributed by atoms with E-state index in [1.807, 2.05) is 36.4 Å². The number of carbonyl (C=O) groups excluding carboxylic acids is 1. The van der Waals surface area contributed by atoms with E-state index in [1.165, 1.54) is 16.4 Å². The molecule has 5 rings (SSSR count). The van der Waals surface area contributed by atoms with Crippen LogP contribution in [0.1, 0.15) is 12.8 Å². The summed E-state index contributed by atoms with van der Waals surface area (Å²) in [6, 6.07) is 19.5. The normalized spacial score (nSPS) is 15.4. The van der Waals surface area contributed by atoms with Crippen LogP contribution < -0.4 is 5.32 Å². The first-order valence-electron chi connectivity index (χ1n) is 10.9. The number of nitrogens with one attached hydrogen (secondary N) is 1. The van der Waals surface area contributed by atoms with E-state index in [0.717, 1.165) is 23.2 Å². The van der Waals surface area contributed by atoms with Crippen LogP contribution in [0, 0.1) is 11.7 Å². The number of hydrogen-bond donors (Lipinski definition) is 1. The molecule has 174 valence electrons. The Hall–Kier alpha value is -3.56. The van der Waals surface area contributed by atoms with E-state index in [9.17, 15) is 17.6 Å². The van der Waals surface area contributed by atoms with Crippen LogP contribution >= 0.6 is 0 Å². The third-order valence-corrected chi connectivity index (χ3v) is 7.86. The second-order valence-corrected chi connectivity index (χ2v) is 10.1. The molecule has 0 bridgehead atoms. The topological polar surface area (TPSA) is 92.5 Å². The minimum absolute atomic E-state index is 0.0489. The van der Waals surface area contributed by atoms with Gasteiger partial charge < -0.3 is 9.73 Å². The van der Waals surface area contributed by atoms with Gasteiger partial charge in [0.2, 0.25) is 21.8 Å². The lowest BCUT2D eigenvalue weighted by molar-refractivity contribution is -0.120. The average molecular weight is 480 g/mol. The van der Waals surface area contributed by atoms with Crippen molar-refractivity contribution >= 4 is 32.7 Å². The van der Waals surface area contributed by atoms with Crippen LogP contribution in [0.15, 0.2) is 82.1 Å². The maximum Gasteiger partial charge on any atom is 0.243 e. The van der Waals surface area contributed by atoms with Crippen molar-refractivity contribution in [3.63, 3.8) is 0 Å². The summed E-state index contributed by atoms with van der Waals surface area (Å²) in [6.07, 6.45) is 0.800. The maximum absolute atomic E-state index is 13.1. The lowest BCUT2D eigenvalue weighted by Crippen LogP contribution is -2.41. The van der Waals surface area contributed by atoms with Crippen LogP contribution in [-0.4, -0.2) is 36.7 Å². The van der Waals surface area contributed by atoms with Crippen molar-refractivity contribution in [1.82, 2.24) is 9.29 Å². The molecule has 0 spiro atoms. The molecule has 4 aromatic rings.